The van der Waals surface area contributed by atoms with Gasteiger partial charge in [-0.1, -0.05) is 23.7 Å². The van der Waals surface area contributed by atoms with E-state index < -0.39 is 24.4 Å². The van der Waals surface area contributed by atoms with Gasteiger partial charge in [-0.3, -0.25) is 0 Å². The summed E-state index contributed by atoms with van der Waals surface area (Å²) in [7, 11) is 1.56. The Labute approximate surface area is 173 Å². The number of benzene rings is 2. The lowest BCUT2D eigenvalue weighted by atomic mass is 10.1. The number of hydrogen-bond donors (Lipinski definition) is 2. The smallest absolute Gasteiger partial charge is 0.138 e. The zero-order valence-corrected chi connectivity index (χ0v) is 16.7. The predicted molar refractivity (Wildman–Crippen MR) is 109 cm³/mol. The van der Waals surface area contributed by atoms with Crippen molar-refractivity contribution < 1.29 is 24.4 Å². The van der Waals surface area contributed by atoms with Crippen LogP contribution in [0.5, 0.6) is 11.5 Å². The lowest BCUT2D eigenvalue weighted by molar-refractivity contribution is -0.0194. The summed E-state index contributed by atoms with van der Waals surface area (Å²) >= 11 is 6.18. The van der Waals surface area contributed by atoms with Crippen molar-refractivity contribution in [1.82, 2.24) is 9.55 Å². The molecular formula is C21H23ClN2O5. The molecule has 0 bridgehead atoms. The highest BCUT2D eigenvalue weighted by Gasteiger charge is 2.42. The molecule has 1 aliphatic heterocycles. The van der Waals surface area contributed by atoms with Gasteiger partial charge in [-0.05, 0) is 30.7 Å². The molecule has 2 aromatic carbocycles. The third-order valence-corrected chi connectivity index (χ3v) is 5.48. The normalized spacial score (nSPS) is 24.1. The molecule has 7 nitrogen and oxygen atoms in total. The van der Waals surface area contributed by atoms with Crippen LogP contribution in [0.3, 0.4) is 0 Å². The Morgan fingerprint density at radius 1 is 1.14 bits per heavy atom. The first kappa shape index (κ1) is 20.0. The molecule has 2 heterocycles. The molecular weight excluding hydrogens is 396 g/mol. The van der Waals surface area contributed by atoms with Crippen molar-refractivity contribution in [3.8, 4) is 11.5 Å². The van der Waals surface area contributed by atoms with Gasteiger partial charge in [0.25, 0.3) is 0 Å². The molecule has 0 amide bonds. The van der Waals surface area contributed by atoms with Gasteiger partial charge < -0.3 is 29.0 Å². The third-order valence-electron chi connectivity index (χ3n) is 5.19. The molecule has 0 unspecified atom stereocenters. The van der Waals surface area contributed by atoms with E-state index in [-0.39, 0.29) is 6.61 Å². The van der Waals surface area contributed by atoms with Crippen molar-refractivity contribution in [3.63, 3.8) is 0 Å². The van der Waals surface area contributed by atoms with Gasteiger partial charge in [0.1, 0.15) is 36.4 Å². The van der Waals surface area contributed by atoms with Crippen LogP contribution in [0.15, 0.2) is 48.8 Å². The predicted octanol–water partition coefficient (Wildman–Crippen LogP) is 2.66. The van der Waals surface area contributed by atoms with Crippen LogP contribution < -0.4 is 9.47 Å². The van der Waals surface area contributed by atoms with E-state index in [1.165, 1.54) is 0 Å². The quantitative estimate of drug-likeness (QED) is 0.613. The van der Waals surface area contributed by atoms with Crippen molar-refractivity contribution in [1.29, 1.82) is 0 Å². The van der Waals surface area contributed by atoms with Crippen molar-refractivity contribution in [2.24, 2.45) is 0 Å². The molecule has 0 radical (unpaired) electrons. The van der Waals surface area contributed by atoms with Crippen molar-refractivity contribution in [2.45, 2.75) is 37.4 Å². The highest BCUT2D eigenvalue weighted by atomic mass is 35.5. The van der Waals surface area contributed by atoms with Gasteiger partial charge in [-0.2, -0.15) is 0 Å². The molecule has 4 atom stereocenters. The summed E-state index contributed by atoms with van der Waals surface area (Å²) in [5.74, 6) is 1.09. The number of aliphatic hydroxyl groups excluding tert-OH is 2. The van der Waals surface area contributed by atoms with Crippen molar-refractivity contribution in [2.75, 3.05) is 13.7 Å². The Morgan fingerprint density at radius 2 is 1.93 bits per heavy atom. The van der Waals surface area contributed by atoms with Crippen LogP contribution in [-0.4, -0.2) is 57.9 Å². The SMILES string of the molecule is COc1ccc(OC[C@H]2O[C@H](CCn3cnc4ccccc43)[C@H](O)[C@@H]2O)c(Cl)c1. The molecule has 2 N–H and O–H groups in total. The van der Waals surface area contributed by atoms with Crippen molar-refractivity contribution >= 4 is 22.6 Å². The second-order valence-electron chi connectivity index (χ2n) is 7.02. The van der Waals surface area contributed by atoms with Crippen LogP contribution >= 0.6 is 11.6 Å². The van der Waals surface area contributed by atoms with Crippen LogP contribution in [0, 0.1) is 0 Å². The Balaban J connectivity index is 1.35. The number of aryl methyl sites for hydroxylation is 1. The molecule has 0 saturated carbocycles. The first-order valence-electron chi connectivity index (χ1n) is 9.44. The first-order chi connectivity index (χ1) is 14.1. The van der Waals surface area contributed by atoms with E-state index in [0.717, 1.165) is 11.0 Å². The Hall–Kier alpha value is -2.32. The van der Waals surface area contributed by atoms with Gasteiger partial charge >= 0.3 is 0 Å². The molecule has 1 aromatic heterocycles. The lowest BCUT2D eigenvalue weighted by Crippen LogP contribution is -2.35. The molecule has 154 valence electrons. The highest BCUT2D eigenvalue weighted by Crippen LogP contribution is 2.30. The topological polar surface area (TPSA) is 86.0 Å². The summed E-state index contributed by atoms with van der Waals surface area (Å²) in [5.41, 5.74) is 1.94. The number of aromatic nitrogens is 2. The number of para-hydroxylation sites is 2. The summed E-state index contributed by atoms with van der Waals surface area (Å²) in [5, 5.41) is 21.2. The van der Waals surface area contributed by atoms with E-state index >= 15 is 0 Å². The van der Waals surface area contributed by atoms with Gasteiger partial charge in [0, 0.05) is 12.6 Å². The van der Waals surface area contributed by atoms with E-state index in [4.69, 9.17) is 25.8 Å². The fourth-order valence-electron chi connectivity index (χ4n) is 3.55. The minimum atomic E-state index is -1.03. The van der Waals surface area contributed by atoms with Gasteiger partial charge in [0.05, 0.1) is 35.6 Å². The molecule has 3 aromatic rings. The Morgan fingerprint density at radius 3 is 2.72 bits per heavy atom. The van der Waals surface area contributed by atoms with E-state index in [2.05, 4.69) is 4.98 Å². The average Bonchev–Trinajstić information content (AvgIpc) is 3.27. The van der Waals surface area contributed by atoms with Crippen LogP contribution in [0.2, 0.25) is 5.02 Å². The fraction of sp³-hybridized carbons (Fsp3) is 0.381. The highest BCUT2D eigenvalue weighted by molar-refractivity contribution is 6.32. The lowest BCUT2D eigenvalue weighted by Gasteiger charge is -2.16. The van der Waals surface area contributed by atoms with Crippen LogP contribution in [0.25, 0.3) is 11.0 Å². The zero-order valence-electron chi connectivity index (χ0n) is 15.9. The molecule has 4 rings (SSSR count). The van der Waals surface area contributed by atoms with Crippen LogP contribution in [0.1, 0.15) is 6.42 Å². The van der Waals surface area contributed by atoms with Gasteiger partial charge in [-0.15, -0.1) is 0 Å². The zero-order chi connectivity index (χ0) is 20.4. The number of ether oxygens (including phenoxy) is 3. The number of halogens is 1. The summed E-state index contributed by atoms with van der Waals surface area (Å²) in [6, 6.07) is 12.9. The standard InChI is InChI=1S/C21H23ClN2O5/c1-27-13-6-7-17(14(22)10-13)28-11-19-21(26)20(25)18(29-19)8-9-24-12-23-15-4-2-3-5-16(15)24/h2-7,10,12,18-21,25-26H,8-9,11H2,1H3/t18-,19-,20+,21-/m1/s1. The van der Waals surface area contributed by atoms with E-state index in [9.17, 15) is 10.2 Å². The minimum Gasteiger partial charge on any atom is -0.497 e. The van der Waals surface area contributed by atoms with Crippen LogP contribution in [0.4, 0.5) is 0 Å². The maximum absolute atomic E-state index is 10.4. The largest absolute Gasteiger partial charge is 0.497 e. The average molecular weight is 419 g/mol. The summed E-state index contributed by atoms with van der Waals surface area (Å²) in [4.78, 5) is 4.37. The number of nitrogens with zero attached hydrogens (tertiary/aromatic N) is 2. The van der Waals surface area contributed by atoms with Gasteiger partial charge in [0.2, 0.25) is 0 Å². The summed E-state index contributed by atoms with van der Waals surface area (Å²) in [6.45, 7) is 0.696. The molecule has 8 heteroatoms. The number of hydrogen-bond acceptors (Lipinski definition) is 6. The maximum atomic E-state index is 10.4. The number of methoxy groups -OCH3 is 1. The number of aliphatic hydroxyl groups is 2. The van der Waals surface area contributed by atoms with E-state index in [1.807, 2.05) is 28.8 Å². The van der Waals surface area contributed by atoms with Gasteiger partial charge in [0.15, 0.2) is 0 Å². The third kappa shape index (κ3) is 4.18. The number of fused-ring (bicyclic) bond motifs is 1. The molecule has 1 aliphatic rings. The van der Waals surface area contributed by atoms with E-state index in [0.29, 0.717) is 29.5 Å². The Bertz CT molecular complexity index is 979. The summed E-state index contributed by atoms with van der Waals surface area (Å²) < 4.78 is 18.7. The molecule has 1 fully saturated rings. The maximum Gasteiger partial charge on any atom is 0.138 e. The second kappa shape index (κ2) is 8.59. The van der Waals surface area contributed by atoms with Gasteiger partial charge in [-0.25, -0.2) is 4.98 Å². The number of rotatable bonds is 7. The second-order valence-corrected chi connectivity index (χ2v) is 7.42. The molecule has 1 saturated heterocycles. The Kier molecular flexibility index (Phi) is 5.91. The first-order valence-corrected chi connectivity index (χ1v) is 9.82. The molecule has 0 spiro atoms. The van der Waals surface area contributed by atoms with E-state index in [1.54, 1.807) is 31.6 Å². The minimum absolute atomic E-state index is 0.0782. The van der Waals surface area contributed by atoms with Crippen LogP contribution in [-0.2, 0) is 11.3 Å². The number of imidazole rings is 1. The molecule has 29 heavy (non-hydrogen) atoms. The fourth-order valence-corrected chi connectivity index (χ4v) is 3.78. The van der Waals surface area contributed by atoms with Crippen molar-refractivity contribution in [3.05, 3.63) is 53.8 Å². The monoisotopic (exact) mass is 418 g/mol. The molecule has 0 aliphatic carbocycles. The summed E-state index contributed by atoms with van der Waals surface area (Å²) in [6.07, 6.45) is -0.840.